The van der Waals surface area contributed by atoms with E-state index in [1.165, 1.54) is 36.7 Å². The predicted molar refractivity (Wildman–Crippen MR) is 109 cm³/mol. The van der Waals surface area contributed by atoms with Crippen LogP contribution in [0.3, 0.4) is 0 Å². The first-order valence-corrected chi connectivity index (χ1v) is 9.44. The van der Waals surface area contributed by atoms with Crippen molar-refractivity contribution in [3.05, 3.63) is 83.4 Å². The molecule has 0 radical (unpaired) electrons. The molecule has 2 aromatic heterocycles. The number of carboxylic acids is 1. The fourth-order valence-corrected chi connectivity index (χ4v) is 3.44. The Morgan fingerprint density at radius 3 is 2.77 bits per heavy atom. The van der Waals surface area contributed by atoms with E-state index in [1.54, 1.807) is 18.2 Å². The first-order chi connectivity index (χ1) is 15.0. The Hall–Kier alpha value is -3.78. The lowest BCUT2D eigenvalue weighted by atomic mass is 10.00. The Balaban J connectivity index is 1.72. The predicted octanol–water partition coefficient (Wildman–Crippen LogP) is 4.44. The summed E-state index contributed by atoms with van der Waals surface area (Å²) in [5.74, 6) is -2.42. The van der Waals surface area contributed by atoms with Crippen molar-refractivity contribution in [1.82, 2.24) is 4.98 Å². The van der Waals surface area contributed by atoms with E-state index in [9.17, 15) is 13.6 Å². The van der Waals surface area contributed by atoms with Crippen LogP contribution in [0.2, 0.25) is 0 Å². The number of pyridine rings is 1. The standard InChI is InChI=1S/C23H18F2N2O4/c24-18-3-1-2-14(10-20(28)29)23(18)31-12-13-8-15-5-7-30-22(15)17(9-13)16-4-6-27-19(11-26)21(16)25/h1-9H,10-12,26H2,(H,28,29). The fourth-order valence-electron chi connectivity index (χ4n) is 3.44. The third kappa shape index (κ3) is 4.10. The SMILES string of the molecule is NCc1nccc(-c2cc(COc3c(F)cccc3CC(=O)O)cc3ccoc23)c1F. The third-order valence-electron chi connectivity index (χ3n) is 4.83. The molecular weight excluding hydrogens is 406 g/mol. The minimum atomic E-state index is -1.10. The van der Waals surface area contributed by atoms with E-state index in [2.05, 4.69) is 4.98 Å². The second-order valence-electron chi connectivity index (χ2n) is 6.89. The minimum Gasteiger partial charge on any atom is -0.486 e. The van der Waals surface area contributed by atoms with Gasteiger partial charge in [-0.25, -0.2) is 8.78 Å². The van der Waals surface area contributed by atoms with Gasteiger partial charge in [0.1, 0.15) is 12.2 Å². The van der Waals surface area contributed by atoms with E-state index >= 15 is 0 Å². The van der Waals surface area contributed by atoms with Crippen LogP contribution in [0.15, 0.2) is 59.3 Å². The molecule has 4 aromatic rings. The number of nitrogens with zero attached hydrogens (tertiary/aromatic N) is 1. The van der Waals surface area contributed by atoms with Crippen LogP contribution >= 0.6 is 0 Å². The lowest BCUT2D eigenvalue weighted by Gasteiger charge is -2.13. The van der Waals surface area contributed by atoms with Gasteiger partial charge in [0.2, 0.25) is 0 Å². The molecule has 0 amide bonds. The average molecular weight is 424 g/mol. The number of fused-ring (bicyclic) bond motifs is 1. The largest absolute Gasteiger partial charge is 0.486 e. The highest BCUT2D eigenvalue weighted by molar-refractivity contribution is 5.93. The van der Waals surface area contributed by atoms with Crippen LogP contribution in [0.1, 0.15) is 16.8 Å². The van der Waals surface area contributed by atoms with Crippen molar-refractivity contribution in [3.8, 4) is 16.9 Å². The highest BCUT2D eigenvalue weighted by Crippen LogP contribution is 2.34. The van der Waals surface area contributed by atoms with Crippen LogP contribution in [-0.4, -0.2) is 16.1 Å². The van der Waals surface area contributed by atoms with Crippen molar-refractivity contribution in [2.45, 2.75) is 19.6 Å². The van der Waals surface area contributed by atoms with Gasteiger partial charge in [-0.2, -0.15) is 0 Å². The fraction of sp³-hybridized carbons (Fsp3) is 0.130. The highest BCUT2D eigenvalue weighted by Gasteiger charge is 2.17. The van der Waals surface area contributed by atoms with E-state index in [1.807, 2.05) is 0 Å². The van der Waals surface area contributed by atoms with E-state index in [0.717, 1.165) is 0 Å². The number of nitrogens with two attached hydrogens (primary N) is 1. The second kappa shape index (κ2) is 8.53. The first-order valence-electron chi connectivity index (χ1n) is 9.44. The van der Waals surface area contributed by atoms with Crippen LogP contribution in [0.4, 0.5) is 8.78 Å². The maximum atomic E-state index is 14.9. The smallest absolute Gasteiger partial charge is 0.307 e. The molecule has 8 heteroatoms. The van der Waals surface area contributed by atoms with Crippen LogP contribution in [-0.2, 0) is 24.4 Å². The van der Waals surface area contributed by atoms with Crippen molar-refractivity contribution in [2.24, 2.45) is 5.73 Å². The average Bonchev–Trinajstić information content (AvgIpc) is 3.21. The minimum absolute atomic E-state index is 0.0522. The van der Waals surface area contributed by atoms with Crippen molar-refractivity contribution in [1.29, 1.82) is 0 Å². The molecule has 0 saturated carbocycles. The van der Waals surface area contributed by atoms with Crippen molar-refractivity contribution in [2.75, 3.05) is 0 Å². The number of rotatable bonds is 7. The van der Waals surface area contributed by atoms with Gasteiger partial charge in [0.25, 0.3) is 0 Å². The van der Waals surface area contributed by atoms with Crippen LogP contribution in [0, 0.1) is 11.6 Å². The number of hydrogen-bond acceptors (Lipinski definition) is 5. The molecule has 0 aliphatic heterocycles. The van der Waals surface area contributed by atoms with Crippen LogP contribution in [0.25, 0.3) is 22.1 Å². The summed E-state index contributed by atoms with van der Waals surface area (Å²) in [6, 6.07) is 10.8. The Morgan fingerprint density at radius 1 is 1.16 bits per heavy atom. The normalized spacial score (nSPS) is 11.1. The van der Waals surface area contributed by atoms with E-state index in [4.69, 9.17) is 20.0 Å². The topological polar surface area (TPSA) is 98.6 Å². The van der Waals surface area contributed by atoms with Gasteiger partial charge in [-0.05, 0) is 35.9 Å². The summed E-state index contributed by atoms with van der Waals surface area (Å²) in [7, 11) is 0. The number of carbonyl (C=O) groups is 1. The van der Waals surface area contributed by atoms with Crippen molar-refractivity contribution < 1.29 is 27.8 Å². The summed E-state index contributed by atoms with van der Waals surface area (Å²) in [6.07, 6.45) is 2.59. The number of furan rings is 1. The van der Waals surface area contributed by atoms with Crippen molar-refractivity contribution >= 4 is 16.9 Å². The molecule has 3 N–H and O–H groups in total. The van der Waals surface area contributed by atoms with E-state index < -0.39 is 17.6 Å². The summed E-state index contributed by atoms with van der Waals surface area (Å²) in [6.45, 7) is -0.110. The Kier molecular flexibility index (Phi) is 5.64. The molecule has 0 aliphatic carbocycles. The van der Waals surface area contributed by atoms with Gasteiger partial charge in [-0.1, -0.05) is 12.1 Å². The number of aliphatic carboxylic acids is 1. The Morgan fingerprint density at radius 2 is 2.00 bits per heavy atom. The maximum Gasteiger partial charge on any atom is 0.307 e. The van der Waals surface area contributed by atoms with Gasteiger partial charge in [0.15, 0.2) is 17.4 Å². The highest BCUT2D eigenvalue weighted by atomic mass is 19.1. The molecule has 31 heavy (non-hydrogen) atoms. The summed E-state index contributed by atoms with van der Waals surface area (Å²) in [5.41, 5.74) is 7.79. The molecule has 2 aromatic carbocycles. The molecule has 0 bridgehead atoms. The molecule has 158 valence electrons. The zero-order valence-corrected chi connectivity index (χ0v) is 16.3. The summed E-state index contributed by atoms with van der Waals surface area (Å²) in [4.78, 5) is 15.0. The van der Waals surface area contributed by atoms with Crippen LogP contribution in [0.5, 0.6) is 5.75 Å². The zero-order valence-electron chi connectivity index (χ0n) is 16.3. The number of ether oxygens (including phenoxy) is 1. The monoisotopic (exact) mass is 424 g/mol. The summed E-state index contributed by atoms with van der Waals surface area (Å²) >= 11 is 0. The summed E-state index contributed by atoms with van der Waals surface area (Å²) in [5, 5.41) is 9.76. The molecule has 0 aliphatic rings. The van der Waals surface area contributed by atoms with Crippen LogP contribution < -0.4 is 10.5 Å². The number of hydrogen-bond donors (Lipinski definition) is 2. The molecule has 0 unspecified atom stereocenters. The van der Waals surface area contributed by atoms with Gasteiger partial charge < -0.3 is 20.0 Å². The van der Waals surface area contributed by atoms with Gasteiger partial charge in [0.05, 0.1) is 18.4 Å². The maximum absolute atomic E-state index is 14.9. The van der Waals surface area contributed by atoms with Crippen molar-refractivity contribution in [3.63, 3.8) is 0 Å². The number of carboxylic acid groups (broad SMARTS) is 1. The quantitative estimate of drug-likeness (QED) is 0.455. The summed E-state index contributed by atoms with van der Waals surface area (Å²) < 4.78 is 40.4. The molecule has 0 spiro atoms. The van der Waals surface area contributed by atoms with E-state index in [0.29, 0.717) is 22.1 Å². The molecule has 4 rings (SSSR count). The molecular formula is C23H18F2N2O4. The third-order valence-corrected chi connectivity index (χ3v) is 4.83. The molecule has 6 nitrogen and oxygen atoms in total. The van der Waals surface area contributed by atoms with Gasteiger partial charge >= 0.3 is 5.97 Å². The molecule has 2 heterocycles. The molecule has 0 atom stereocenters. The number of aromatic nitrogens is 1. The molecule has 0 saturated heterocycles. The second-order valence-corrected chi connectivity index (χ2v) is 6.89. The van der Waals surface area contributed by atoms with Gasteiger partial charge in [0, 0.05) is 34.8 Å². The lowest BCUT2D eigenvalue weighted by Crippen LogP contribution is -2.06. The number of halogens is 2. The Labute approximate surface area is 175 Å². The van der Waals surface area contributed by atoms with Gasteiger partial charge in [-0.3, -0.25) is 9.78 Å². The van der Waals surface area contributed by atoms with Gasteiger partial charge in [-0.15, -0.1) is 0 Å². The zero-order chi connectivity index (χ0) is 22.0. The number of benzene rings is 2. The van der Waals surface area contributed by atoms with E-state index in [-0.39, 0.29) is 42.1 Å². The number of para-hydroxylation sites is 1. The first kappa shape index (κ1) is 20.5. The Bertz CT molecular complexity index is 1270. The lowest BCUT2D eigenvalue weighted by molar-refractivity contribution is -0.136. The molecule has 0 fully saturated rings.